The van der Waals surface area contributed by atoms with E-state index in [9.17, 15) is 0 Å². The molecule has 3 heterocycles. The minimum atomic E-state index is 0.542. The second-order valence-electron chi connectivity index (χ2n) is 6.69. The molecule has 1 aliphatic rings. The minimum absolute atomic E-state index is 0.542. The third kappa shape index (κ3) is 3.22. The smallest absolute Gasteiger partial charge is 0.162 e. The number of imidazole rings is 1. The maximum atomic E-state index is 5.69. The van der Waals surface area contributed by atoms with E-state index < -0.39 is 0 Å². The molecule has 0 radical (unpaired) electrons. The zero-order valence-electron chi connectivity index (χ0n) is 16.6. The average Bonchev–Trinajstić information content (AvgIpc) is 3.24. The lowest BCUT2D eigenvalue weighted by Gasteiger charge is -2.18. The van der Waals surface area contributed by atoms with E-state index in [1.165, 1.54) is 0 Å². The summed E-state index contributed by atoms with van der Waals surface area (Å²) in [6.45, 7) is 1.10. The van der Waals surface area contributed by atoms with E-state index in [-0.39, 0.29) is 0 Å². The van der Waals surface area contributed by atoms with Gasteiger partial charge in [-0.05, 0) is 36.4 Å². The van der Waals surface area contributed by atoms with E-state index >= 15 is 0 Å². The van der Waals surface area contributed by atoms with Gasteiger partial charge in [0.2, 0.25) is 0 Å². The summed E-state index contributed by atoms with van der Waals surface area (Å²) >= 11 is 0. The molecular weight excluding hydrogens is 384 g/mol. The molecule has 8 nitrogen and oxygen atoms in total. The van der Waals surface area contributed by atoms with Crippen molar-refractivity contribution in [1.29, 1.82) is 0 Å². The van der Waals surface area contributed by atoms with Crippen molar-refractivity contribution in [1.82, 2.24) is 15.0 Å². The highest BCUT2D eigenvalue weighted by atomic mass is 16.6. The lowest BCUT2D eigenvalue weighted by molar-refractivity contribution is 0.171. The predicted octanol–water partition coefficient (Wildman–Crippen LogP) is 4.16. The number of anilines is 2. The Morgan fingerprint density at radius 3 is 2.60 bits per heavy atom. The number of methoxy groups -OCH3 is 2. The van der Waals surface area contributed by atoms with E-state index in [0.29, 0.717) is 30.5 Å². The van der Waals surface area contributed by atoms with Crippen LogP contribution in [0.5, 0.6) is 23.0 Å². The third-order valence-electron chi connectivity index (χ3n) is 4.86. The van der Waals surface area contributed by atoms with Crippen LogP contribution in [-0.4, -0.2) is 42.4 Å². The van der Waals surface area contributed by atoms with Gasteiger partial charge in [0.25, 0.3) is 0 Å². The molecule has 8 heteroatoms. The molecule has 2 N–H and O–H groups in total. The lowest BCUT2D eigenvalue weighted by Crippen LogP contribution is -2.15. The average molecular weight is 404 g/mol. The Bertz CT molecular complexity index is 1220. The second kappa shape index (κ2) is 7.47. The first-order chi connectivity index (χ1) is 14.7. The fraction of sp³-hybridized carbons (Fsp3) is 0.182. The maximum absolute atomic E-state index is 5.69. The largest absolute Gasteiger partial charge is 0.493 e. The predicted molar refractivity (Wildman–Crippen MR) is 113 cm³/mol. The molecule has 30 heavy (non-hydrogen) atoms. The highest BCUT2D eigenvalue weighted by Gasteiger charge is 2.16. The normalized spacial score (nSPS) is 12.6. The number of hydrogen-bond donors (Lipinski definition) is 2. The SMILES string of the molecule is COc1ccc(Nc2nccc3[nH]c(-c4ccc5c(c4)OCCO5)nc23)cc1OC. The zero-order chi connectivity index (χ0) is 20.5. The number of benzene rings is 2. The number of aromatic nitrogens is 3. The Labute approximate surface area is 172 Å². The van der Waals surface area contributed by atoms with Gasteiger partial charge < -0.3 is 29.2 Å². The summed E-state index contributed by atoms with van der Waals surface area (Å²) in [5.41, 5.74) is 3.33. The summed E-state index contributed by atoms with van der Waals surface area (Å²) in [5.74, 6) is 4.13. The van der Waals surface area contributed by atoms with Crippen molar-refractivity contribution in [2.45, 2.75) is 0 Å². The monoisotopic (exact) mass is 404 g/mol. The van der Waals surface area contributed by atoms with Crippen LogP contribution in [0.25, 0.3) is 22.4 Å². The number of H-pyrrole nitrogens is 1. The second-order valence-corrected chi connectivity index (χ2v) is 6.69. The maximum Gasteiger partial charge on any atom is 0.162 e. The number of pyridine rings is 1. The van der Waals surface area contributed by atoms with Gasteiger partial charge in [-0.15, -0.1) is 0 Å². The van der Waals surface area contributed by atoms with Gasteiger partial charge in [-0.2, -0.15) is 0 Å². The zero-order valence-corrected chi connectivity index (χ0v) is 16.6. The van der Waals surface area contributed by atoms with Crippen LogP contribution in [-0.2, 0) is 0 Å². The summed E-state index contributed by atoms with van der Waals surface area (Å²) in [5, 5.41) is 3.31. The van der Waals surface area contributed by atoms with Crippen molar-refractivity contribution in [3.05, 3.63) is 48.7 Å². The highest BCUT2D eigenvalue weighted by molar-refractivity contribution is 5.90. The number of nitrogens with zero attached hydrogens (tertiary/aromatic N) is 2. The van der Waals surface area contributed by atoms with Crippen molar-refractivity contribution < 1.29 is 18.9 Å². The van der Waals surface area contributed by atoms with E-state index in [1.54, 1.807) is 20.4 Å². The Kier molecular flexibility index (Phi) is 4.51. The summed E-state index contributed by atoms with van der Waals surface area (Å²) in [6.07, 6.45) is 1.73. The van der Waals surface area contributed by atoms with Crippen LogP contribution in [0.3, 0.4) is 0 Å². The van der Waals surface area contributed by atoms with Crippen molar-refractivity contribution in [3.8, 4) is 34.4 Å². The van der Waals surface area contributed by atoms with Crippen molar-refractivity contribution >= 4 is 22.5 Å². The van der Waals surface area contributed by atoms with Crippen LogP contribution >= 0.6 is 0 Å². The molecule has 0 atom stereocenters. The van der Waals surface area contributed by atoms with Gasteiger partial charge in [-0.1, -0.05) is 0 Å². The van der Waals surface area contributed by atoms with Gasteiger partial charge in [0.15, 0.2) is 28.8 Å². The van der Waals surface area contributed by atoms with E-state index in [1.807, 2.05) is 42.5 Å². The first-order valence-electron chi connectivity index (χ1n) is 9.49. The molecule has 0 saturated carbocycles. The third-order valence-corrected chi connectivity index (χ3v) is 4.86. The molecule has 0 aliphatic carbocycles. The number of hydrogen-bond acceptors (Lipinski definition) is 7. The summed E-state index contributed by atoms with van der Waals surface area (Å²) in [7, 11) is 3.21. The lowest BCUT2D eigenvalue weighted by atomic mass is 10.2. The van der Waals surface area contributed by atoms with Gasteiger partial charge in [-0.3, -0.25) is 0 Å². The number of aromatic amines is 1. The van der Waals surface area contributed by atoms with Gasteiger partial charge in [0, 0.05) is 23.5 Å². The van der Waals surface area contributed by atoms with Gasteiger partial charge in [0.1, 0.15) is 24.6 Å². The Morgan fingerprint density at radius 2 is 1.77 bits per heavy atom. The molecule has 0 spiro atoms. The topological polar surface area (TPSA) is 90.5 Å². The van der Waals surface area contributed by atoms with Gasteiger partial charge in [-0.25, -0.2) is 9.97 Å². The summed E-state index contributed by atoms with van der Waals surface area (Å²) in [6, 6.07) is 13.3. The van der Waals surface area contributed by atoms with E-state index in [4.69, 9.17) is 23.9 Å². The molecule has 0 unspecified atom stereocenters. The highest BCUT2D eigenvalue weighted by Crippen LogP contribution is 2.35. The van der Waals surface area contributed by atoms with Crippen LogP contribution in [0.2, 0.25) is 0 Å². The molecule has 0 saturated heterocycles. The molecule has 0 fully saturated rings. The summed E-state index contributed by atoms with van der Waals surface area (Å²) in [4.78, 5) is 12.6. The first kappa shape index (κ1) is 18.1. The fourth-order valence-electron chi connectivity index (χ4n) is 3.40. The van der Waals surface area contributed by atoms with Crippen molar-refractivity contribution in [3.63, 3.8) is 0 Å². The van der Waals surface area contributed by atoms with Crippen LogP contribution in [0.4, 0.5) is 11.5 Å². The molecule has 4 aromatic rings. The van der Waals surface area contributed by atoms with Crippen molar-refractivity contribution in [2.24, 2.45) is 0 Å². The Balaban J connectivity index is 1.50. The van der Waals surface area contributed by atoms with Gasteiger partial charge >= 0.3 is 0 Å². The van der Waals surface area contributed by atoms with Crippen LogP contribution in [0, 0.1) is 0 Å². The van der Waals surface area contributed by atoms with Gasteiger partial charge in [0.05, 0.1) is 19.7 Å². The Hall–Kier alpha value is -3.94. The van der Waals surface area contributed by atoms with Crippen LogP contribution in [0.15, 0.2) is 48.7 Å². The quantitative estimate of drug-likeness (QED) is 0.516. The van der Waals surface area contributed by atoms with Crippen LogP contribution in [0.1, 0.15) is 0 Å². The fourth-order valence-corrected chi connectivity index (χ4v) is 3.40. The molecule has 152 valence electrons. The molecule has 2 aromatic carbocycles. The summed E-state index contributed by atoms with van der Waals surface area (Å²) < 4.78 is 22.0. The molecule has 0 bridgehead atoms. The van der Waals surface area contributed by atoms with E-state index in [0.717, 1.165) is 39.6 Å². The first-order valence-corrected chi connectivity index (χ1v) is 9.49. The minimum Gasteiger partial charge on any atom is -0.493 e. The van der Waals surface area contributed by atoms with Crippen molar-refractivity contribution in [2.75, 3.05) is 32.8 Å². The Morgan fingerprint density at radius 1 is 0.933 bits per heavy atom. The number of rotatable bonds is 5. The molecule has 2 aromatic heterocycles. The molecule has 0 amide bonds. The number of fused-ring (bicyclic) bond motifs is 2. The molecule has 1 aliphatic heterocycles. The number of nitrogens with one attached hydrogen (secondary N) is 2. The molecule has 5 rings (SSSR count). The van der Waals surface area contributed by atoms with E-state index in [2.05, 4.69) is 15.3 Å². The molecular formula is C22H20N4O4. The van der Waals surface area contributed by atoms with Crippen LogP contribution < -0.4 is 24.3 Å². The standard InChI is InChI=1S/C22H20N4O4/c1-27-16-6-4-14(12-18(16)28-2)24-22-20-15(7-8-23-22)25-21(26-20)13-3-5-17-19(11-13)30-10-9-29-17/h3-8,11-12H,9-10H2,1-2H3,(H,23,24)(H,25,26). The number of ether oxygens (including phenoxy) is 4.